The maximum Gasteiger partial charge on any atom is 0.240 e. The standard InChI is InChI=1S/C16H26N2O/c1-13-8-4-5-9-14(13)18-15(19)16(12-17)10-6-2-3-7-11-16/h13-14H,2-11H2,1H3,(H,18,19). The summed E-state index contributed by atoms with van der Waals surface area (Å²) < 4.78 is 0. The second kappa shape index (κ2) is 6.41. The molecule has 0 radical (unpaired) electrons. The van der Waals surface area contributed by atoms with Crippen LogP contribution in [0.3, 0.4) is 0 Å². The summed E-state index contributed by atoms with van der Waals surface area (Å²) in [5, 5.41) is 12.7. The summed E-state index contributed by atoms with van der Waals surface area (Å²) in [6, 6.07) is 2.64. The van der Waals surface area contributed by atoms with E-state index >= 15 is 0 Å². The molecule has 0 bridgehead atoms. The van der Waals surface area contributed by atoms with E-state index in [4.69, 9.17) is 0 Å². The number of carbonyl (C=O) groups is 1. The van der Waals surface area contributed by atoms with Crippen LogP contribution in [0.5, 0.6) is 0 Å². The second-order valence-electron chi connectivity index (χ2n) is 6.45. The van der Waals surface area contributed by atoms with Gasteiger partial charge in [-0.05, 0) is 31.6 Å². The van der Waals surface area contributed by atoms with Crippen molar-refractivity contribution in [2.75, 3.05) is 0 Å². The van der Waals surface area contributed by atoms with Crippen LogP contribution in [0.4, 0.5) is 0 Å². The van der Waals surface area contributed by atoms with Crippen molar-refractivity contribution in [1.29, 1.82) is 5.26 Å². The molecule has 2 atom stereocenters. The Labute approximate surface area is 116 Å². The molecule has 1 N–H and O–H groups in total. The van der Waals surface area contributed by atoms with Crippen molar-refractivity contribution >= 4 is 5.91 Å². The van der Waals surface area contributed by atoms with Crippen LogP contribution in [-0.2, 0) is 4.79 Å². The molecule has 0 aromatic carbocycles. The van der Waals surface area contributed by atoms with Crippen LogP contribution in [0, 0.1) is 22.7 Å². The third-order valence-corrected chi connectivity index (χ3v) is 5.03. The van der Waals surface area contributed by atoms with Crippen LogP contribution in [0.2, 0.25) is 0 Å². The molecule has 2 fully saturated rings. The molecule has 3 nitrogen and oxygen atoms in total. The molecule has 2 aliphatic carbocycles. The maximum atomic E-state index is 12.6. The van der Waals surface area contributed by atoms with E-state index in [-0.39, 0.29) is 11.9 Å². The zero-order valence-electron chi connectivity index (χ0n) is 12.1. The van der Waals surface area contributed by atoms with E-state index < -0.39 is 5.41 Å². The summed E-state index contributed by atoms with van der Waals surface area (Å²) in [5.74, 6) is 0.565. The van der Waals surface area contributed by atoms with E-state index in [1.807, 2.05) is 0 Å². The van der Waals surface area contributed by atoms with Gasteiger partial charge in [0.05, 0.1) is 6.07 Å². The van der Waals surface area contributed by atoms with E-state index in [1.54, 1.807) is 0 Å². The van der Waals surface area contributed by atoms with Gasteiger partial charge in [-0.25, -0.2) is 0 Å². The highest BCUT2D eigenvalue weighted by atomic mass is 16.2. The van der Waals surface area contributed by atoms with Gasteiger partial charge in [0, 0.05) is 6.04 Å². The van der Waals surface area contributed by atoms with Gasteiger partial charge in [-0.1, -0.05) is 45.4 Å². The predicted molar refractivity (Wildman–Crippen MR) is 75.3 cm³/mol. The Morgan fingerprint density at radius 3 is 2.32 bits per heavy atom. The Morgan fingerprint density at radius 1 is 1.11 bits per heavy atom. The van der Waals surface area contributed by atoms with Crippen LogP contribution in [-0.4, -0.2) is 11.9 Å². The minimum atomic E-state index is -0.742. The number of nitriles is 1. The Balaban J connectivity index is 2.01. The van der Waals surface area contributed by atoms with E-state index in [2.05, 4.69) is 18.3 Å². The first-order valence-corrected chi connectivity index (χ1v) is 7.90. The Kier molecular flexibility index (Phi) is 4.85. The Morgan fingerprint density at radius 2 is 1.74 bits per heavy atom. The molecule has 1 amide bonds. The molecule has 0 aromatic heterocycles. The molecule has 19 heavy (non-hydrogen) atoms. The highest BCUT2D eigenvalue weighted by Gasteiger charge is 2.40. The lowest BCUT2D eigenvalue weighted by atomic mass is 9.79. The molecule has 0 aromatic rings. The first kappa shape index (κ1) is 14.4. The number of nitrogens with one attached hydrogen (secondary N) is 1. The first-order chi connectivity index (χ1) is 9.18. The van der Waals surface area contributed by atoms with Crippen molar-refractivity contribution in [2.45, 2.75) is 77.2 Å². The van der Waals surface area contributed by atoms with E-state index in [0.717, 1.165) is 44.9 Å². The summed E-state index contributed by atoms with van der Waals surface area (Å²) in [6.45, 7) is 2.22. The zero-order valence-corrected chi connectivity index (χ0v) is 12.1. The van der Waals surface area contributed by atoms with E-state index in [0.29, 0.717) is 5.92 Å². The largest absolute Gasteiger partial charge is 0.352 e. The second-order valence-corrected chi connectivity index (χ2v) is 6.45. The predicted octanol–water partition coefficient (Wildman–Crippen LogP) is 3.55. The highest BCUT2D eigenvalue weighted by molar-refractivity contribution is 5.85. The number of amides is 1. The van der Waals surface area contributed by atoms with Crippen LogP contribution in [0.15, 0.2) is 0 Å². The van der Waals surface area contributed by atoms with Crippen molar-refractivity contribution in [2.24, 2.45) is 11.3 Å². The first-order valence-electron chi connectivity index (χ1n) is 7.90. The fourth-order valence-corrected chi connectivity index (χ4v) is 3.56. The maximum absolute atomic E-state index is 12.6. The molecule has 2 rings (SSSR count). The summed E-state index contributed by atoms with van der Waals surface area (Å²) in [5.41, 5.74) is -0.742. The normalized spacial score (nSPS) is 30.9. The van der Waals surface area contributed by atoms with Crippen molar-refractivity contribution < 1.29 is 4.79 Å². The van der Waals surface area contributed by atoms with Crippen molar-refractivity contribution in [1.82, 2.24) is 5.32 Å². The topological polar surface area (TPSA) is 52.9 Å². The molecular weight excluding hydrogens is 236 g/mol. The Bertz CT molecular complexity index is 350. The molecule has 0 spiro atoms. The molecule has 106 valence electrons. The van der Waals surface area contributed by atoms with Crippen LogP contribution >= 0.6 is 0 Å². The number of nitrogens with zero attached hydrogens (tertiary/aromatic N) is 1. The lowest BCUT2D eigenvalue weighted by Gasteiger charge is -2.33. The van der Waals surface area contributed by atoms with Gasteiger partial charge in [0.15, 0.2) is 0 Å². The molecular formula is C16H26N2O. The molecule has 3 heteroatoms. The fourth-order valence-electron chi connectivity index (χ4n) is 3.56. The van der Waals surface area contributed by atoms with Crippen LogP contribution < -0.4 is 5.32 Å². The molecule has 2 saturated carbocycles. The molecule has 0 heterocycles. The minimum absolute atomic E-state index is 0.00986. The third kappa shape index (κ3) is 3.29. The number of hydrogen-bond donors (Lipinski definition) is 1. The average molecular weight is 262 g/mol. The summed E-state index contributed by atoms with van der Waals surface area (Å²) in [4.78, 5) is 12.6. The van der Waals surface area contributed by atoms with Gasteiger partial charge < -0.3 is 5.32 Å². The molecule has 0 aliphatic heterocycles. The zero-order chi connectivity index (χ0) is 13.7. The van der Waals surface area contributed by atoms with Crippen molar-refractivity contribution in [3.05, 3.63) is 0 Å². The van der Waals surface area contributed by atoms with Crippen molar-refractivity contribution in [3.8, 4) is 6.07 Å². The lowest BCUT2D eigenvalue weighted by molar-refractivity contribution is -0.130. The number of rotatable bonds is 2. The molecule has 0 saturated heterocycles. The van der Waals surface area contributed by atoms with Gasteiger partial charge in [0.2, 0.25) is 5.91 Å². The fraction of sp³-hybridized carbons (Fsp3) is 0.875. The smallest absolute Gasteiger partial charge is 0.240 e. The molecule has 2 unspecified atom stereocenters. The molecule has 2 aliphatic rings. The Hall–Kier alpha value is -1.04. The monoisotopic (exact) mass is 262 g/mol. The van der Waals surface area contributed by atoms with E-state index in [1.165, 1.54) is 19.3 Å². The lowest BCUT2D eigenvalue weighted by Crippen LogP contribution is -2.48. The van der Waals surface area contributed by atoms with Crippen LogP contribution in [0.1, 0.15) is 71.1 Å². The van der Waals surface area contributed by atoms with Gasteiger partial charge in [-0.2, -0.15) is 5.26 Å². The van der Waals surface area contributed by atoms with E-state index in [9.17, 15) is 10.1 Å². The quantitative estimate of drug-likeness (QED) is 0.774. The average Bonchev–Trinajstić information content (AvgIpc) is 2.67. The third-order valence-electron chi connectivity index (χ3n) is 5.03. The van der Waals surface area contributed by atoms with Crippen LogP contribution in [0.25, 0.3) is 0 Å². The SMILES string of the molecule is CC1CCCCC1NC(=O)C1(C#N)CCCCCC1. The van der Waals surface area contributed by atoms with Gasteiger partial charge in [-0.3, -0.25) is 4.79 Å². The van der Waals surface area contributed by atoms with Gasteiger partial charge in [0.1, 0.15) is 5.41 Å². The van der Waals surface area contributed by atoms with Gasteiger partial charge in [-0.15, -0.1) is 0 Å². The highest BCUT2D eigenvalue weighted by Crippen LogP contribution is 2.35. The minimum Gasteiger partial charge on any atom is -0.352 e. The number of carbonyl (C=O) groups excluding carboxylic acids is 1. The van der Waals surface area contributed by atoms with Gasteiger partial charge >= 0.3 is 0 Å². The summed E-state index contributed by atoms with van der Waals surface area (Å²) in [6.07, 6.45) is 10.6. The van der Waals surface area contributed by atoms with Gasteiger partial charge in [0.25, 0.3) is 0 Å². The summed E-state index contributed by atoms with van der Waals surface area (Å²) in [7, 11) is 0. The summed E-state index contributed by atoms with van der Waals surface area (Å²) >= 11 is 0. The van der Waals surface area contributed by atoms with Crippen molar-refractivity contribution in [3.63, 3.8) is 0 Å². The number of hydrogen-bond acceptors (Lipinski definition) is 2.